The summed E-state index contributed by atoms with van der Waals surface area (Å²) in [5, 5.41) is 15.1. The number of nitro benzene ring substituents is 1. The van der Waals surface area contributed by atoms with Crippen molar-refractivity contribution in [1.82, 2.24) is 9.78 Å². The number of aromatic nitrogens is 2. The molecule has 0 radical (unpaired) electrons. The Bertz CT molecular complexity index is 597. The Morgan fingerprint density at radius 3 is 2.56 bits per heavy atom. The molecule has 0 saturated heterocycles. The lowest BCUT2D eigenvalue weighted by Crippen LogP contribution is -1.94. The van der Waals surface area contributed by atoms with Crippen molar-refractivity contribution in [2.24, 2.45) is 7.05 Å². The molecule has 1 aromatic carbocycles. The van der Waals surface area contributed by atoms with Crippen molar-refractivity contribution >= 4 is 5.69 Å². The Balaban J connectivity index is 1.95. The van der Waals surface area contributed by atoms with Gasteiger partial charge in [0.2, 0.25) is 0 Å². The van der Waals surface area contributed by atoms with E-state index in [2.05, 4.69) is 11.2 Å². The molecule has 0 unspecified atom stereocenters. The fraction of sp³-hybridized carbons (Fsp3) is 0.308. The summed E-state index contributed by atoms with van der Waals surface area (Å²) in [7, 11) is 1.91. The van der Waals surface area contributed by atoms with Gasteiger partial charge >= 0.3 is 0 Å². The molecule has 92 valence electrons. The zero-order chi connectivity index (χ0) is 12.7. The van der Waals surface area contributed by atoms with Crippen LogP contribution < -0.4 is 0 Å². The van der Waals surface area contributed by atoms with Crippen molar-refractivity contribution in [3.05, 3.63) is 46.1 Å². The summed E-state index contributed by atoms with van der Waals surface area (Å²) in [6.45, 7) is 0. The average molecular weight is 243 g/mol. The van der Waals surface area contributed by atoms with Crippen molar-refractivity contribution < 1.29 is 4.92 Å². The lowest BCUT2D eigenvalue weighted by molar-refractivity contribution is -0.384. The molecular weight excluding hydrogens is 230 g/mol. The maximum Gasteiger partial charge on any atom is 0.269 e. The largest absolute Gasteiger partial charge is 0.269 e. The van der Waals surface area contributed by atoms with Crippen LogP contribution in [0.3, 0.4) is 0 Å². The first-order valence-corrected chi connectivity index (χ1v) is 5.94. The minimum Gasteiger partial charge on any atom is -0.268 e. The molecule has 0 amide bonds. The van der Waals surface area contributed by atoms with Crippen LogP contribution in [0.5, 0.6) is 0 Å². The standard InChI is InChI=1S/C13H13N3O2/c1-15-13(8-12(14-15)9-2-3-9)10-4-6-11(7-5-10)16(17)18/h4-9H,2-3H2,1H3. The zero-order valence-electron chi connectivity index (χ0n) is 10.0. The number of benzene rings is 1. The van der Waals surface area contributed by atoms with E-state index in [0.29, 0.717) is 5.92 Å². The molecule has 3 rings (SSSR count). The number of non-ortho nitro benzene ring substituents is 1. The zero-order valence-corrected chi connectivity index (χ0v) is 10.0. The number of aryl methyl sites for hydroxylation is 1. The molecule has 0 aliphatic heterocycles. The molecule has 1 aliphatic rings. The Hall–Kier alpha value is -2.17. The van der Waals surface area contributed by atoms with Gasteiger partial charge in [0.15, 0.2) is 0 Å². The summed E-state index contributed by atoms with van der Waals surface area (Å²) >= 11 is 0. The second kappa shape index (κ2) is 3.94. The molecule has 18 heavy (non-hydrogen) atoms. The molecule has 1 heterocycles. The minimum absolute atomic E-state index is 0.114. The van der Waals surface area contributed by atoms with E-state index in [1.165, 1.54) is 25.0 Å². The third-order valence-electron chi connectivity index (χ3n) is 3.27. The Kier molecular flexibility index (Phi) is 2.40. The molecule has 1 aliphatic carbocycles. The van der Waals surface area contributed by atoms with Crippen LogP contribution in [0.15, 0.2) is 30.3 Å². The molecule has 0 atom stereocenters. The van der Waals surface area contributed by atoms with Crippen LogP contribution in [-0.2, 0) is 7.05 Å². The highest BCUT2D eigenvalue weighted by Gasteiger charge is 2.27. The number of hydrogen-bond donors (Lipinski definition) is 0. The quantitative estimate of drug-likeness (QED) is 0.615. The molecule has 1 saturated carbocycles. The lowest BCUT2D eigenvalue weighted by Gasteiger charge is -2.00. The highest BCUT2D eigenvalue weighted by Crippen LogP contribution is 2.40. The topological polar surface area (TPSA) is 61.0 Å². The van der Waals surface area contributed by atoms with Gasteiger partial charge in [0.1, 0.15) is 0 Å². The molecule has 1 aromatic heterocycles. The first-order valence-electron chi connectivity index (χ1n) is 5.94. The second-order valence-corrected chi connectivity index (χ2v) is 4.66. The van der Waals surface area contributed by atoms with Crippen molar-refractivity contribution in [3.8, 4) is 11.3 Å². The second-order valence-electron chi connectivity index (χ2n) is 4.66. The van der Waals surface area contributed by atoms with Crippen molar-refractivity contribution in [3.63, 3.8) is 0 Å². The SMILES string of the molecule is Cn1nc(C2CC2)cc1-c1ccc([N+](=O)[O-])cc1. The molecule has 0 spiro atoms. The number of nitrogens with zero attached hydrogens (tertiary/aromatic N) is 3. The molecular formula is C13H13N3O2. The van der Waals surface area contributed by atoms with Gasteiger partial charge in [-0.25, -0.2) is 0 Å². The fourth-order valence-electron chi connectivity index (χ4n) is 2.09. The smallest absolute Gasteiger partial charge is 0.268 e. The van der Waals surface area contributed by atoms with Crippen LogP contribution in [0.1, 0.15) is 24.5 Å². The summed E-state index contributed by atoms with van der Waals surface area (Å²) in [6.07, 6.45) is 2.44. The molecule has 5 nitrogen and oxygen atoms in total. The van der Waals surface area contributed by atoms with E-state index in [4.69, 9.17) is 0 Å². The van der Waals surface area contributed by atoms with E-state index >= 15 is 0 Å². The van der Waals surface area contributed by atoms with Crippen molar-refractivity contribution in [1.29, 1.82) is 0 Å². The predicted molar refractivity (Wildman–Crippen MR) is 67.3 cm³/mol. The molecule has 0 N–H and O–H groups in total. The van der Waals surface area contributed by atoms with Crippen molar-refractivity contribution in [2.45, 2.75) is 18.8 Å². The average Bonchev–Trinajstić information content (AvgIpc) is 3.13. The van der Waals surface area contributed by atoms with E-state index in [1.807, 2.05) is 11.7 Å². The molecule has 0 bridgehead atoms. The van der Waals surface area contributed by atoms with Crippen LogP contribution in [0.4, 0.5) is 5.69 Å². The van der Waals surface area contributed by atoms with E-state index < -0.39 is 0 Å². The Morgan fingerprint density at radius 2 is 2.00 bits per heavy atom. The maximum atomic E-state index is 10.6. The first kappa shape index (κ1) is 11.0. The highest BCUT2D eigenvalue weighted by molar-refractivity contribution is 5.62. The van der Waals surface area contributed by atoms with Crippen LogP contribution in [0.25, 0.3) is 11.3 Å². The monoisotopic (exact) mass is 243 g/mol. The molecule has 1 fully saturated rings. The molecule has 2 aromatic rings. The fourth-order valence-corrected chi connectivity index (χ4v) is 2.09. The van der Waals surface area contributed by atoms with E-state index in [1.54, 1.807) is 12.1 Å². The van der Waals surface area contributed by atoms with Crippen LogP contribution in [0, 0.1) is 10.1 Å². The van der Waals surface area contributed by atoms with Gasteiger partial charge in [-0.05, 0) is 31.0 Å². The van der Waals surface area contributed by atoms with E-state index in [-0.39, 0.29) is 10.6 Å². The predicted octanol–water partition coefficient (Wildman–Crippen LogP) is 2.87. The van der Waals surface area contributed by atoms with E-state index in [9.17, 15) is 10.1 Å². The number of nitro groups is 1. The third kappa shape index (κ3) is 1.88. The summed E-state index contributed by atoms with van der Waals surface area (Å²) in [6, 6.07) is 8.68. The van der Waals surface area contributed by atoms with Gasteiger partial charge in [0.05, 0.1) is 16.3 Å². The Labute approximate surface area is 104 Å². The summed E-state index contributed by atoms with van der Waals surface area (Å²) in [4.78, 5) is 10.2. The summed E-state index contributed by atoms with van der Waals surface area (Å²) in [5.74, 6) is 0.614. The lowest BCUT2D eigenvalue weighted by atomic mass is 10.1. The van der Waals surface area contributed by atoms with Gasteiger partial charge in [-0.3, -0.25) is 14.8 Å². The third-order valence-corrected chi connectivity index (χ3v) is 3.27. The van der Waals surface area contributed by atoms with Crippen LogP contribution in [-0.4, -0.2) is 14.7 Å². The van der Waals surface area contributed by atoms with Crippen LogP contribution in [0.2, 0.25) is 0 Å². The van der Waals surface area contributed by atoms with Crippen molar-refractivity contribution in [2.75, 3.05) is 0 Å². The van der Waals surface area contributed by atoms with Gasteiger partial charge in [-0.2, -0.15) is 5.10 Å². The van der Waals surface area contributed by atoms with Gasteiger partial charge in [-0.1, -0.05) is 0 Å². The first-order chi connectivity index (χ1) is 8.65. The minimum atomic E-state index is -0.386. The summed E-state index contributed by atoms with van der Waals surface area (Å²) in [5.41, 5.74) is 3.21. The Morgan fingerprint density at radius 1 is 1.33 bits per heavy atom. The van der Waals surface area contributed by atoms with Gasteiger partial charge < -0.3 is 0 Å². The van der Waals surface area contributed by atoms with Gasteiger partial charge in [0.25, 0.3) is 5.69 Å². The highest BCUT2D eigenvalue weighted by atomic mass is 16.6. The number of rotatable bonds is 3. The molecule has 5 heteroatoms. The van der Waals surface area contributed by atoms with E-state index in [0.717, 1.165) is 17.0 Å². The van der Waals surface area contributed by atoms with Gasteiger partial charge in [0, 0.05) is 30.7 Å². The van der Waals surface area contributed by atoms with Gasteiger partial charge in [-0.15, -0.1) is 0 Å². The maximum absolute atomic E-state index is 10.6. The summed E-state index contributed by atoms with van der Waals surface area (Å²) < 4.78 is 1.84. The normalized spacial score (nSPS) is 14.7. The number of hydrogen-bond acceptors (Lipinski definition) is 3. The van der Waals surface area contributed by atoms with Crippen LogP contribution >= 0.6 is 0 Å².